The second kappa shape index (κ2) is 8.02. The van der Waals surface area contributed by atoms with Crippen LogP contribution in [0.4, 0.5) is 0 Å². The zero-order chi connectivity index (χ0) is 19.7. The monoisotopic (exact) mass is 380 g/mol. The number of benzene rings is 1. The fourth-order valence-electron chi connectivity index (χ4n) is 4.46. The van der Waals surface area contributed by atoms with E-state index in [0.717, 1.165) is 49.3 Å². The number of likely N-dealkylation sites (N-methyl/N-ethyl adjacent to an activating group) is 1. The van der Waals surface area contributed by atoms with Crippen molar-refractivity contribution in [3.05, 3.63) is 53.6 Å². The van der Waals surface area contributed by atoms with Gasteiger partial charge in [-0.15, -0.1) is 0 Å². The molecule has 0 spiro atoms. The van der Waals surface area contributed by atoms with Gasteiger partial charge >= 0.3 is 5.97 Å². The molecule has 28 heavy (non-hydrogen) atoms. The molecule has 3 aliphatic rings. The average molecular weight is 380 g/mol. The number of Topliss-reactive ketones (excluding diaryl/α,β-unsaturated/α-hetero) is 1. The highest BCUT2D eigenvalue weighted by Gasteiger charge is 2.44. The van der Waals surface area contributed by atoms with Gasteiger partial charge in [0.25, 0.3) is 0 Å². The summed E-state index contributed by atoms with van der Waals surface area (Å²) in [5.41, 5.74) is 2.89. The SMILES string of the molecule is CCC1C=C2C(c3ccccc3)=CC(=O)OC2C(CN2CCN(C)CC2)C1=O. The zero-order valence-electron chi connectivity index (χ0n) is 16.6. The van der Waals surface area contributed by atoms with Crippen LogP contribution in [0.5, 0.6) is 0 Å². The lowest BCUT2D eigenvalue weighted by Gasteiger charge is -2.41. The van der Waals surface area contributed by atoms with Crippen LogP contribution in [0.25, 0.3) is 5.57 Å². The number of fused-ring (bicyclic) bond motifs is 1. The van der Waals surface area contributed by atoms with Gasteiger partial charge in [-0.05, 0) is 30.2 Å². The van der Waals surface area contributed by atoms with Crippen LogP contribution >= 0.6 is 0 Å². The van der Waals surface area contributed by atoms with Crippen molar-refractivity contribution in [3.8, 4) is 0 Å². The quantitative estimate of drug-likeness (QED) is 0.751. The van der Waals surface area contributed by atoms with Gasteiger partial charge in [-0.2, -0.15) is 0 Å². The minimum Gasteiger partial charge on any atom is -0.453 e. The molecule has 0 aromatic heterocycles. The Labute approximate surface area is 166 Å². The number of nitrogens with zero attached hydrogens (tertiary/aromatic N) is 2. The van der Waals surface area contributed by atoms with Gasteiger partial charge in [0.1, 0.15) is 11.9 Å². The number of piperazine rings is 1. The van der Waals surface area contributed by atoms with Crippen molar-refractivity contribution in [1.29, 1.82) is 0 Å². The van der Waals surface area contributed by atoms with Gasteiger partial charge in [-0.1, -0.05) is 43.3 Å². The third-order valence-electron chi connectivity index (χ3n) is 6.18. The molecule has 5 nitrogen and oxygen atoms in total. The Hall–Kier alpha value is -2.24. The number of hydrogen-bond donors (Lipinski definition) is 0. The highest BCUT2D eigenvalue weighted by Crippen LogP contribution is 2.40. The first kappa shape index (κ1) is 19.1. The predicted octanol–water partition coefficient (Wildman–Crippen LogP) is 2.39. The summed E-state index contributed by atoms with van der Waals surface area (Å²) in [7, 11) is 2.12. The number of carbonyl (C=O) groups is 2. The van der Waals surface area contributed by atoms with Gasteiger partial charge in [0.15, 0.2) is 0 Å². The van der Waals surface area contributed by atoms with E-state index in [1.54, 1.807) is 6.08 Å². The maximum Gasteiger partial charge on any atom is 0.332 e. The maximum absolute atomic E-state index is 13.2. The molecule has 1 aromatic rings. The van der Waals surface area contributed by atoms with E-state index in [1.807, 2.05) is 43.3 Å². The van der Waals surface area contributed by atoms with Crippen LogP contribution in [-0.2, 0) is 14.3 Å². The Balaban J connectivity index is 1.67. The molecule has 0 N–H and O–H groups in total. The van der Waals surface area contributed by atoms with E-state index in [2.05, 4.69) is 16.8 Å². The normalized spacial score (nSPS) is 29.0. The number of ketones is 1. The smallest absolute Gasteiger partial charge is 0.332 e. The molecule has 0 saturated carbocycles. The summed E-state index contributed by atoms with van der Waals surface area (Å²) in [5, 5.41) is 0. The minimum atomic E-state index is -0.484. The third-order valence-corrected chi connectivity index (χ3v) is 6.18. The highest BCUT2D eigenvalue weighted by atomic mass is 16.5. The van der Waals surface area contributed by atoms with Gasteiger partial charge in [-0.3, -0.25) is 9.69 Å². The highest BCUT2D eigenvalue weighted by molar-refractivity contribution is 6.02. The van der Waals surface area contributed by atoms with Crippen LogP contribution in [-0.4, -0.2) is 67.4 Å². The average Bonchev–Trinajstić information content (AvgIpc) is 2.71. The van der Waals surface area contributed by atoms with Crippen LogP contribution in [0.1, 0.15) is 18.9 Å². The minimum absolute atomic E-state index is 0.118. The van der Waals surface area contributed by atoms with E-state index in [-0.39, 0.29) is 23.6 Å². The molecular weight excluding hydrogens is 352 g/mol. The lowest BCUT2D eigenvalue weighted by atomic mass is 9.73. The van der Waals surface area contributed by atoms with Crippen molar-refractivity contribution in [2.45, 2.75) is 19.4 Å². The third kappa shape index (κ3) is 3.69. The van der Waals surface area contributed by atoms with Crippen molar-refractivity contribution in [2.75, 3.05) is 39.8 Å². The van der Waals surface area contributed by atoms with E-state index in [0.29, 0.717) is 6.54 Å². The number of rotatable bonds is 4. The van der Waals surface area contributed by atoms with Gasteiger partial charge < -0.3 is 9.64 Å². The maximum atomic E-state index is 13.2. The molecular formula is C23H28N2O3. The number of esters is 1. The number of hydrogen-bond acceptors (Lipinski definition) is 5. The van der Waals surface area contributed by atoms with Crippen molar-refractivity contribution in [2.24, 2.45) is 11.8 Å². The van der Waals surface area contributed by atoms with E-state index in [1.165, 1.54) is 0 Å². The van der Waals surface area contributed by atoms with Crippen LogP contribution in [0.2, 0.25) is 0 Å². The van der Waals surface area contributed by atoms with Gasteiger partial charge in [0.2, 0.25) is 0 Å². The summed E-state index contributed by atoms with van der Waals surface area (Å²) < 4.78 is 5.74. The molecule has 0 bridgehead atoms. The molecule has 2 aliphatic heterocycles. The van der Waals surface area contributed by atoms with Crippen molar-refractivity contribution in [3.63, 3.8) is 0 Å². The molecule has 1 aliphatic carbocycles. The van der Waals surface area contributed by atoms with E-state index < -0.39 is 6.10 Å². The Morgan fingerprint density at radius 2 is 1.79 bits per heavy atom. The molecule has 148 valence electrons. The lowest BCUT2D eigenvalue weighted by Crippen LogP contribution is -2.52. The van der Waals surface area contributed by atoms with E-state index in [4.69, 9.17) is 4.74 Å². The Morgan fingerprint density at radius 3 is 2.46 bits per heavy atom. The largest absolute Gasteiger partial charge is 0.453 e. The second-order valence-corrected chi connectivity index (χ2v) is 8.03. The molecule has 2 heterocycles. The van der Waals surface area contributed by atoms with Crippen molar-refractivity contribution < 1.29 is 14.3 Å². The Bertz CT molecular complexity index is 806. The number of allylic oxidation sites excluding steroid dienone is 1. The van der Waals surface area contributed by atoms with E-state index >= 15 is 0 Å². The topological polar surface area (TPSA) is 49.9 Å². The summed E-state index contributed by atoms with van der Waals surface area (Å²) in [5.74, 6) is -0.568. The van der Waals surface area contributed by atoms with E-state index in [9.17, 15) is 9.59 Å². The molecule has 5 heteroatoms. The second-order valence-electron chi connectivity index (χ2n) is 8.03. The van der Waals surface area contributed by atoms with Crippen molar-refractivity contribution >= 4 is 17.3 Å². The summed E-state index contributed by atoms with van der Waals surface area (Å²) >= 11 is 0. The lowest BCUT2D eigenvalue weighted by molar-refractivity contribution is -0.148. The standard InChI is InChI=1S/C23H28N2O3/c1-3-16-13-19-18(17-7-5-4-6-8-17)14-21(26)28-23(19)20(22(16)27)15-25-11-9-24(2)10-12-25/h4-8,13-14,16,20,23H,3,9-12,15H2,1-2H3. The molecule has 1 saturated heterocycles. The molecule has 0 amide bonds. The molecule has 1 fully saturated rings. The number of ether oxygens (including phenoxy) is 1. The Kier molecular flexibility index (Phi) is 5.47. The van der Waals surface area contributed by atoms with Crippen LogP contribution < -0.4 is 0 Å². The first-order valence-corrected chi connectivity index (χ1v) is 10.2. The predicted molar refractivity (Wildman–Crippen MR) is 109 cm³/mol. The van der Waals surface area contributed by atoms with Gasteiger partial charge in [0, 0.05) is 44.7 Å². The summed E-state index contributed by atoms with van der Waals surface area (Å²) in [6.45, 7) is 6.59. The molecule has 4 rings (SSSR count). The first-order chi connectivity index (χ1) is 13.6. The fraction of sp³-hybridized carbons (Fsp3) is 0.478. The van der Waals surface area contributed by atoms with Gasteiger partial charge in [0.05, 0.1) is 5.92 Å². The first-order valence-electron chi connectivity index (χ1n) is 10.2. The molecule has 3 unspecified atom stereocenters. The molecule has 3 atom stereocenters. The van der Waals surface area contributed by atoms with Gasteiger partial charge in [-0.25, -0.2) is 4.79 Å². The van der Waals surface area contributed by atoms with Crippen LogP contribution in [0, 0.1) is 11.8 Å². The summed E-state index contributed by atoms with van der Waals surface area (Å²) in [6.07, 6.45) is 3.90. The summed E-state index contributed by atoms with van der Waals surface area (Å²) in [4.78, 5) is 30.2. The number of carbonyl (C=O) groups excluding carboxylic acids is 2. The fourth-order valence-corrected chi connectivity index (χ4v) is 4.46. The molecule has 0 radical (unpaired) electrons. The van der Waals surface area contributed by atoms with Crippen molar-refractivity contribution in [1.82, 2.24) is 9.80 Å². The molecule has 1 aromatic carbocycles. The summed E-state index contributed by atoms with van der Waals surface area (Å²) in [6, 6.07) is 9.92. The van der Waals surface area contributed by atoms with Crippen LogP contribution in [0.3, 0.4) is 0 Å². The van der Waals surface area contributed by atoms with Crippen LogP contribution in [0.15, 0.2) is 48.1 Å². The Morgan fingerprint density at radius 1 is 1.07 bits per heavy atom. The zero-order valence-corrected chi connectivity index (χ0v) is 16.6.